The molecule has 1 aromatic heterocycles. The standard InChI is InChI=1S/C11H9NO2/c13-9-6-10(14)12-5-4-7-2-1-3-8(9)11(7)12/h1-3,6,13H,4-5H2. The summed E-state index contributed by atoms with van der Waals surface area (Å²) in [6.07, 6.45) is 0.885. The van der Waals surface area contributed by atoms with Gasteiger partial charge in [-0.25, -0.2) is 0 Å². The molecule has 0 radical (unpaired) electrons. The first-order valence-corrected chi connectivity index (χ1v) is 4.62. The van der Waals surface area contributed by atoms with Crippen molar-refractivity contribution in [2.75, 3.05) is 0 Å². The van der Waals surface area contributed by atoms with Crippen LogP contribution >= 0.6 is 0 Å². The summed E-state index contributed by atoms with van der Waals surface area (Å²) in [5.74, 6) is 0.0880. The Morgan fingerprint density at radius 3 is 3.07 bits per heavy atom. The highest BCUT2D eigenvalue weighted by atomic mass is 16.3. The van der Waals surface area contributed by atoms with Crippen molar-refractivity contribution in [1.82, 2.24) is 4.57 Å². The summed E-state index contributed by atoms with van der Waals surface area (Å²) >= 11 is 0. The minimum atomic E-state index is -0.111. The minimum Gasteiger partial charge on any atom is -0.507 e. The molecular formula is C11H9NO2. The third-order valence-electron chi connectivity index (χ3n) is 2.80. The van der Waals surface area contributed by atoms with E-state index in [1.54, 1.807) is 4.57 Å². The summed E-state index contributed by atoms with van der Waals surface area (Å²) in [5, 5.41) is 10.4. The molecule has 70 valence electrons. The molecule has 1 aliphatic rings. The highest BCUT2D eigenvalue weighted by Crippen LogP contribution is 2.28. The maximum atomic E-state index is 11.5. The van der Waals surface area contributed by atoms with Crippen LogP contribution in [-0.4, -0.2) is 9.67 Å². The molecule has 0 spiro atoms. The van der Waals surface area contributed by atoms with Crippen molar-refractivity contribution in [1.29, 1.82) is 0 Å². The van der Waals surface area contributed by atoms with Gasteiger partial charge in [0, 0.05) is 18.0 Å². The number of hydrogen-bond acceptors (Lipinski definition) is 2. The average Bonchev–Trinajstić information content (AvgIpc) is 2.59. The fraction of sp³-hybridized carbons (Fsp3) is 0.182. The number of rotatable bonds is 0. The molecule has 0 saturated carbocycles. The largest absolute Gasteiger partial charge is 0.507 e. The number of nitrogens with zero attached hydrogens (tertiary/aromatic N) is 1. The van der Waals surface area contributed by atoms with Gasteiger partial charge in [0.05, 0.1) is 5.52 Å². The van der Waals surface area contributed by atoms with Gasteiger partial charge in [-0.1, -0.05) is 12.1 Å². The van der Waals surface area contributed by atoms with Gasteiger partial charge in [0.25, 0.3) is 5.56 Å². The lowest BCUT2D eigenvalue weighted by molar-refractivity contribution is 0.479. The van der Waals surface area contributed by atoms with Crippen LogP contribution in [-0.2, 0) is 13.0 Å². The van der Waals surface area contributed by atoms with Crippen molar-refractivity contribution in [3.05, 3.63) is 40.2 Å². The molecule has 2 aromatic rings. The zero-order chi connectivity index (χ0) is 9.71. The molecule has 3 rings (SSSR count). The maximum absolute atomic E-state index is 11.5. The fourth-order valence-corrected chi connectivity index (χ4v) is 2.16. The quantitative estimate of drug-likeness (QED) is 0.674. The van der Waals surface area contributed by atoms with E-state index in [-0.39, 0.29) is 11.3 Å². The number of benzene rings is 1. The van der Waals surface area contributed by atoms with Gasteiger partial charge in [-0.2, -0.15) is 0 Å². The Bertz CT molecular complexity index is 584. The van der Waals surface area contributed by atoms with Gasteiger partial charge in [-0.05, 0) is 18.1 Å². The van der Waals surface area contributed by atoms with Gasteiger partial charge >= 0.3 is 0 Å². The van der Waals surface area contributed by atoms with Crippen LogP contribution < -0.4 is 5.56 Å². The highest BCUT2D eigenvalue weighted by molar-refractivity contribution is 5.88. The molecule has 0 fully saturated rings. The van der Waals surface area contributed by atoms with Gasteiger partial charge in [-0.3, -0.25) is 4.79 Å². The first kappa shape index (κ1) is 7.62. The second-order valence-electron chi connectivity index (χ2n) is 3.58. The SMILES string of the molecule is O=c1cc(O)c2cccc3c2n1CC3. The van der Waals surface area contributed by atoms with Crippen molar-refractivity contribution >= 4 is 10.9 Å². The van der Waals surface area contributed by atoms with Gasteiger partial charge in [0.2, 0.25) is 0 Å². The summed E-state index contributed by atoms with van der Waals surface area (Å²) in [6, 6.07) is 7.05. The van der Waals surface area contributed by atoms with E-state index >= 15 is 0 Å². The van der Waals surface area contributed by atoms with Gasteiger partial charge in [0.1, 0.15) is 5.75 Å². The molecule has 0 aliphatic carbocycles. The second kappa shape index (κ2) is 2.38. The van der Waals surface area contributed by atoms with Crippen LogP contribution in [0.15, 0.2) is 29.1 Å². The molecular weight excluding hydrogens is 178 g/mol. The number of aromatic nitrogens is 1. The third-order valence-corrected chi connectivity index (χ3v) is 2.80. The fourth-order valence-electron chi connectivity index (χ4n) is 2.16. The van der Waals surface area contributed by atoms with Crippen LogP contribution in [0, 0.1) is 0 Å². The van der Waals surface area contributed by atoms with E-state index in [9.17, 15) is 9.90 Å². The van der Waals surface area contributed by atoms with E-state index in [1.165, 1.54) is 6.07 Å². The molecule has 0 bridgehead atoms. The monoisotopic (exact) mass is 187 g/mol. The molecule has 0 unspecified atom stereocenters. The molecule has 14 heavy (non-hydrogen) atoms. The van der Waals surface area contributed by atoms with E-state index < -0.39 is 0 Å². The Morgan fingerprint density at radius 2 is 2.21 bits per heavy atom. The summed E-state index contributed by atoms with van der Waals surface area (Å²) in [7, 11) is 0. The lowest BCUT2D eigenvalue weighted by Crippen LogP contribution is -2.16. The van der Waals surface area contributed by atoms with Gasteiger partial charge < -0.3 is 9.67 Å². The number of pyridine rings is 1. The highest BCUT2D eigenvalue weighted by Gasteiger charge is 2.16. The first-order chi connectivity index (χ1) is 6.77. The van der Waals surface area contributed by atoms with Gasteiger partial charge in [0.15, 0.2) is 0 Å². The molecule has 3 heteroatoms. The smallest absolute Gasteiger partial charge is 0.254 e. The Kier molecular flexibility index (Phi) is 1.29. The average molecular weight is 187 g/mol. The molecule has 1 aromatic carbocycles. The van der Waals surface area contributed by atoms with E-state index in [4.69, 9.17) is 0 Å². The Morgan fingerprint density at radius 1 is 1.36 bits per heavy atom. The van der Waals surface area contributed by atoms with Crippen LogP contribution in [0.5, 0.6) is 5.75 Å². The number of para-hydroxylation sites is 1. The lowest BCUT2D eigenvalue weighted by atomic mass is 10.1. The molecule has 1 N–H and O–H groups in total. The van der Waals surface area contributed by atoms with Crippen molar-refractivity contribution in [3.8, 4) is 5.75 Å². The Hall–Kier alpha value is -1.77. The van der Waals surface area contributed by atoms with Crippen LogP contribution in [0.1, 0.15) is 5.56 Å². The maximum Gasteiger partial charge on any atom is 0.254 e. The summed E-state index contributed by atoms with van der Waals surface area (Å²) in [4.78, 5) is 11.5. The molecule has 2 heterocycles. The van der Waals surface area contributed by atoms with E-state index in [1.807, 2.05) is 18.2 Å². The first-order valence-electron chi connectivity index (χ1n) is 4.62. The predicted octanol–water partition coefficient (Wildman–Crippen LogP) is 1.26. The van der Waals surface area contributed by atoms with Crippen LogP contribution in [0.2, 0.25) is 0 Å². The number of aromatic hydroxyl groups is 1. The zero-order valence-electron chi connectivity index (χ0n) is 7.53. The molecule has 1 aliphatic heterocycles. The lowest BCUT2D eigenvalue weighted by Gasteiger charge is -2.04. The number of aryl methyl sites for hydroxylation is 2. The third kappa shape index (κ3) is 0.789. The topological polar surface area (TPSA) is 42.2 Å². The van der Waals surface area contributed by atoms with Crippen LogP contribution in [0.3, 0.4) is 0 Å². The van der Waals surface area contributed by atoms with E-state index in [0.29, 0.717) is 0 Å². The normalized spacial score (nSPS) is 13.7. The molecule has 0 atom stereocenters. The second-order valence-corrected chi connectivity index (χ2v) is 3.58. The van der Waals surface area contributed by atoms with Crippen molar-refractivity contribution in [2.24, 2.45) is 0 Å². The van der Waals surface area contributed by atoms with Crippen LogP contribution in [0.4, 0.5) is 0 Å². The van der Waals surface area contributed by atoms with Crippen molar-refractivity contribution < 1.29 is 5.11 Å². The predicted molar refractivity (Wildman–Crippen MR) is 53.6 cm³/mol. The van der Waals surface area contributed by atoms with Crippen molar-refractivity contribution in [3.63, 3.8) is 0 Å². The Labute approximate surface area is 80.2 Å². The van der Waals surface area contributed by atoms with Gasteiger partial charge in [-0.15, -0.1) is 0 Å². The van der Waals surface area contributed by atoms with Crippen LogP contribution in [0.25, 0.3) is 10.9 Å². The summed E-state index contributed by atoms with van der Waals surface area (Å²) < 4.78 is 1.73. The number of hydrogen-bond donors (Lipinski definition) is 1. The molecule has 0 amide bonds. The minimum absolute atomic E-state index is 0.0880. The summed E-state index contributed by atoms with van der Waals surface area (Å²) in [5.41, 5.74) is 1.94. The zero-order valence-corrected chi connectivity index (χ0v) is 7.53. The van der Waals surface area contributed by atoms with E-state index in [0.717, 1.165) is 29.4 Å². The molecule has 0 saturated heterocycles. The Balaban J connectivity index is 2.65. The van der Waals surface area contributed by atoms with E-state index in [2.05, 4.69) is 0 Å². The van der Waals surface area contributed by atoms with Crippen molar-refractivity contribution in [2.45, 2.75) is 13.0 Å². The summed E-state index contributed by atoms with van der Waals surface area (Å²) in [6.45, 7) is 0.731. The molecule has 3 nitrogen and oxygen atoms in total.